The number of primary sulfonamides is 1. The molecule has 1 unspecified atom stereocenters. The fraction of sp³-hybridized carbons (Fsp3) is 1.00. The van der Waals surface area contributed by atoms with E-state index in [9.17, 15) is 8.42 Å². The van der Waals surface area contributed by atoms with Gasteiger partial charge in [-0.3, -0.25) is 0 Å². The number of rotatable bonds is 8. The molecule has 1 saturated carbocycles. The lowest BCUT2D eigenvalue weighted by Crippen LogP contribution is -2.37. The van der Waals surface area contributed by atoms with Crippen LogP contribution in [0.5, 0.6) is 0 Å². The molecule has 0 spiro atoms. The van der Waals surface area contributed by atoms with E-state index in [-0.39, 0.29) is 17.3 Å². The predicted octanol–water partition coefficient (Wildman–Crippen LogP) is 1.28. The maximum absolute atomic E-state index is 11.3. The molecule has 1 aliphatic carbocycles. The van der Waals surface area contributed by atoms with E-state index < -0.39 is 10.0 Å². The quantitative estimate of drug-likeness (QED) is 0.726. The summed E-state index contributed by atoms with van der Waals surface area (Å²) in [4.78, 5) is 0. The molecule has 1 rings (SSSR count). The van der Waals surface area contributed by atoms with Crippen LogP contribution in [-0.2, 0) is 19.5 Å². The number of hydrogen-bond acceptors (Lipinski definition) is 4. The zero-order valence-electron chi connectivity index (χ0n) is 11.4. The van der Waals surface area contributed by atoms with Crippen molar-refractivity contribution in [1.29, 1.82) is 0 Å². The van der Waals surface area contributed by atoms with Gasteiger partial charge in [-0.15, -0.1) is 0 Å². The summed E-state index contributed by atoms with van der Waals surface area (Å²) in [5, 5.41) is 5.18. The van der Waals surface area contributed by atoms with E-state index in [4.69, 9.17) is 14.6 Å². The fourth-order valence-electron chi connectivity index (χ4n) is 2.53. The topological polar surface area (TPSA) is 78.6 Å². The van der Waals surface area contributed by atoms with Gasteiger partial charge in [0, 0.05) is 12.0 Å². The Labute approximate surface area is 110 Å². The Balaban J connectivity index is 2.48. The first-order valence-electron chi connectivity index (χ1n) is 6.57. The first kappa shape index (κ1) is 15.9. The number of sulfonamides is 1. The molecule has 2 N–H and O–H groups in total. The largest absolute Gasteiger partial charge is 0.379 e. The van der Waals surface area contributed by atoms with E-state index in [1.165, 1.54) is 0 Å². The molecule has 0 amide bonds. The Morgan fingerprint density at radius 2 is 1.94 bits per heavy atom. The predicted molar refractivity (Wildman–Crippen MR) is 70.8 cm³/mol. The zero-order chi connectivity index (χ0) is 13.6. The van der Waals surface area contributed by atoms with Crippen molar-refractivity contribution in [2.45, 2.75) is 45.6 Å². The van der Waals surface area contributed by atoms with Gasteiger partial charge in [0.05, 0.1) is 25.1 Å². The summed E-state index contributed by atoms with van der Waals surface area (Å²) in [7, 11) is -3.44. The average Bonchev–Trinajstić information content (AvgIpc) is 2.70. The molecule has 0 heterocycles. The summed E-state index contributed by atoms with van der Waals surface area (Å²) >= 11 is 0. The summed E-state index contributed by atoms with van der Waals surface area (Å²) in [6, 6.07) is 0. The lowest BCUT2D eigenvalue weighted by molar-refractivity contribution is -0.0349. The standard InChI is InChI=1S/C12H25NO4S/c1-3-16-8-11(2)17-9-12(6-4-5-7-12)10-18(13,14)15/h11H,3-10H2,1-2H3,(H2,13,14,15). The summed E-state index contributed by atoms with van der Waals surface area (Å²) in [5.41, 5.74) is -0.284. The van der Waals surface area contributed by atoms with Gasteiger partial charge >= 0.3 is 0 Å². The van der Waals surface area contributed by atoms with Crippen LogP contribution >= 0.6 is 0 Å². The molecule has 1 atom stereocenters. The van der Waals surface area contributed by atoms with Crippen molar-refractivity contribution in [2.24, 2.45) is 10.6 Å². The van der Waals surface area contributed by atoms with E-state index >= 15 is 0 Å². The summed E-state index contributed by atoms with van der Waals surface area (Å²) in [6.07, 6.45) is 3.86. The van der Waals surface area contributed by atoms with Crippen LogP contribution in [-0.4, -0.2) is 40.1 Å². The van der Waals surface area contributed by atoms with E-state index in [0.29, 0.717) is 19.8 Å². The van der Waals surface area contributed by atoms with Gasteiger partial charge in [0.15, 0.2) is 0 Å². The van der Waals surface area contributed by atoms with Crippen molar-refractivity contribution in [1.82, 2.24) is 0 Å². The minimum Gasteiger partial charge on any atom is -0.379 e. The van der Waals surface area contributed by atoms with Crippen LogP contribution in [0.1, 0.15) is 39.5 Å². The minimum atomic E-state index is -3.44. The van der Waals surface area contributed by atoms with Gasteiger partial charge in [-0.2, -0.15) is 0 Å². The second-order valence-corrected chi connectivity index (χ2v) is 6.91. The molecular formula is C12H25NO4S. The van der Waals surface area contributed by atoms with E-state index in [0.717, 1.165) is 25.7 Å². The van der Waals surface area contributed by atoms with Gasteiger partial charge in [-0.25, -0.2) is 13.6 Å². The Morgan fingerprint density at radius 1 is 1.33 bits per heavy atom. The van der Waals surface area contributed by atoms with Crippen LogP contribution in [0.25, 0.3) is 0 Å². The van der Waals surface area contributed by atoms with E-state index in [1.807, 2.05) is 13.8 Å². The fourth-order valence-corrected chi connectivity index (χ4v) is 3.76. The number of ether oxygens (including phenoxy) is 2. The molecular weight excluding hydrogens is 254 g/mol. The molecule has 0 aromatic rings. The average molecular weight is 279 g/mol. The molecule has 0 aromatic heterocycles. The molecule has 5 nitrogen and oxygen atoms in total. The number of hydrogen-bond donors (Lipinski definition) is 1. The lowest BCUT2D eigenvalue weighted by atomic mass is 9.90. The van der Waals surface area contributed by atoms with Crippen molar-refractivity contribution in [3.8, 4) is 0 Å². The van der Waals surface area contributed by atoms with E-state index in [1.54, 1.807) is 0 Å². The van der Waals surface area contributed by atoms with E-state index in [2.05, 4.69) is 0 Å². The molecule has 0 saturated heterocycles. The second kappa shape index (κ2) is 6.84. The van der Waals surface area contributed by atoms with Gasteiger partial charge in [0.1, 0.15) is 0 Å². The molecule has 1 aliphatic rings. The van der Waals surface area contributed by atoms with Gasteiger partial charge in [-0.1, -0.05) is 12.8 Å². The Bertz CT molecular complexity index is 336. The first-order valence-corrected chi connectivity index (χ1v) is 8.28. The maximum Gasteiger partial charge on any atom is 0.209 e. The van der Waals surface area contributed by atoms with Crippen LogP contribution in [0, 0.1) is 5.41 Å². The Kier molecular flexibility index (Phi) is 6.04. The van der Waals surface area contributed by atoms with Crippen LogP contribution in [0.2, 0.25) is 0 Å². The highest BCUT2D eigenvalue weighted by Crippen LogP contribution is 2.39. The SMILES string of the molecule is CCOCC(C)OCC1(CS(N)(=O)=O)CCCC1. The van der Waals surface area contributed by atoms with Gasteiger partial charge in [-0.05, 0) is 26.7 Å². The van der Waals surface area contributed by atoms with Crippen molar-refractivity contribution < 1.29 is 17.9 Å². The molecule has 1 fully saturated rings. The highest BCUT2D eigenvalue weighted by molar-refractivity contribution is 7.89. The van der Waals surface area contributed by atoms with Crippen molar-refractivity contribution in [3.05, 3.63) is 0 Å². The summed E-state index contributed by atoms with van der Waals surface area (Å²) in [6.45, 7) is 5.54. The first-order chi connectivity index (χ1) is 8.37. The maximum atomic E-state index is 11.3. The minimum absolute atomic E-state index is 0.0112. The van der Waals surface area contributed by atoms with Crippen molar-refractivity contribution >= 4 is 10.0 Å². The number of nitrogens with two attached hydrogens (primary N) is 1. The second-order valence-electron chi connectivity index (χ2n) is 5.30. The molecule has 6 heteroatoms. The summed E-state index contributed by atoms with van der Waals surface area (Å²) in [5.74, 6) is 0.0291. The molecule has 18 heavy (non-hydrogen) atoms. The normalized spacial score (nSPS) is 21.1. The van der Waals surface area contributed by atoms with Crippen LogP contribution in [0.15, 0.2) is 0 Å². The third kappa shape index (κ3) is 5.65. The van der Waals surface area contributed by atoms with Crippen molar-refractivity contribution in [2.75, 3.05) is 25.6 Å². The monoisotopic (exact) mass is 279 g/mol. The third-order valence-electron chi connectivity index (χ3n) is 3.40. The highest BCUT2D eigenvalue weighted by atomic mass is 32.2. The molecule has 0 bridgehead atoms. The molecule has 108 valence electrons. The highest BCUT2D eigenvalue weighted by Gasteiger charge is 2.38. The third-order valence-corrected chi connectivity index (χ3v) is 4.42. The van der Waals surface area contributed by atoms with Crippen molar-refractivity contribution in [3.63, 3.8) is 0 Å². The molecule has 0 aliphatic heterocycles. The molecule has 0 aromatic carbocycles. The Hall–Kier alpha value is -0.170. The summed E-state index contributed by atoms with van der Waals surface area (Å²) < 4.78 is 33.6. The van der Waals surface area contributed by atoms with Gasteiger partial charge < -0.3 is 9.47 Å². The van der Waals surface area contributed by atoms with Crippen LogP contribution in [0.3, 0.4) is 0 Å². The zero-order valence-corrected chi connectivity index (χ0v) is 12.2. The molecule has 0 radical (unpaired) electrons. The lowest BCUT2D eigenvalue weighted by Gasteiger charge is -2.29. The van der Waals surface area contributed by atoms with Crippen LogP contribution < -0.4 is 5.14 Å². The van der Waals surface area contributed by atoms with Crippen LogP contribution in [0.4, 0.5) is 0 Å². The van der Waals surface area contributed by atoms with Gasteiger partial charge in [0.2, 0.25) is 10.0 Å². The Morgan fingerprint density at radius 3 is 2.44 bits per heavy atom. The smallest absolute Gasteiger partial charge is 0.209 e. The van der Waals surface area contributed by atoms with Gasteiger partial charge in [0.25, 0.3) is 0 Å².